The molecule has 1 aromatic carbocycles. The zero-order valence-electron chi connectivity index (χ0n) is 8.66. The molecular formula is C11H13N2O+. The zero-order chi connectivity index (χ0) is 10.7. The van der Waals surface area contributed by atoms with Crippen LogP contribution >= 0.6 is 0 Å². The van der Waals surface area contributed by atoms with E-state index in [0.29, 0.717) is 12.1 Å². The Bertz CT molecular complexity index is 416. The Morgan fingerprint density at radius 2 is 2.00 bits per heavy atom. The van der Waals surface area contributed by atoms with Gasteiger partial charge in [0.25, 0.3) is 0 Å². The quantitative estimate of drug-likeness (QED) is 0.528. The molecule has 14 heavy (non-hydrogen) atoms. The van der Waals surface area contributed by atoms with Gasteiger partial charge in [-0.25, -0.2) is 0 Å². The van der Waals surface area contributed by atoms with Gasteiger partial charge in [0.15, 0.2) is 10.8 Å². The molecule has 0 radical (unpaired) electrons. The average Bonchev–Trinajstić information content (AvgIpc) is 2.19. The molecule has 0 unspecified atom stereocenters. The molecular weight excluding hydrogens is 176 g/mol. The van der Waals surface area contributed by atoms with E-state index in [4.69, 9.17) is 5.39 Å². The van der Waals surface area contributed by atoms with Crippen molar-refractivity contribution in [1.29, 1.82) is 5.39 Å². The van der Waals surface area contributed by atoms with Gasteiger partial charge in [0.2, 0.25) is 5.39 Å². The summed E-state index contributed by atoms with van der Waals surface area (Å²) in [5, 5.41) is 8.67. The molecule has 0 amide bonds. The smallest absolute Gasteiger partial charge is 0.294 e. The van der Waals surface area contributed by atoms with Crippen LogP contribution in [0.25, 0.3) is 4.98 Å². The molecule has 0 saturated carbocycles. The Labute approximate surface area is 83.4 Å². The fourth-order valence-electron chi connectivity index (χ4n) is 1.40. The molecule has 0 aliphatic heterocycles. The first kappa shape index (κ1) is 10.4. The van der Waals surface area contributed by atoms with Gasteiger partial charge in [0, 0.05) is 23.6 Å². The molecule has 1 aromatic rings. The van der Waals surface area contributed by atoms with Crippen LogP contribution in [0.2, 0.25) is 0 Å². The van der Waals surface area contributed by atoms with Crippen molar-refractivity contribution in [2.75, 3.05) is 0 Å². The molecule has 0 heterocycles. The van der Waals surface area contributed by atoms with Crippen LogP contribution in [-0.2, 0) is 0 Å². The molecule has 1 rings (SSSR count). The van der Waals surface area contributed by atoms with Crippen LogP contribution < -0.4 is 0 Å². The van der Waals surface area contributed by atoms with Crippen LogP contribution in [0.15, 0.2) is 12.1 Å². The number of hydrogen-bond donors (Lipinski definition) is 0. The minimum Gasteiger partial charge on any atom is -0.294 e. The van der Waals surface area contributed by atoms with Crippen LogP contribution in [0.3, 0.4) is 0 Å². The van der Waals surface area contributed by atoms with E-state index in [1.54, 1.807) is 12.1 Å². The highest BCUT2D eigenvalue weighted by atomic mass is 16.1. The third kappa shape index (κ3) is 1.80. The molecule has 3 heteroatoms. The van der Waals surface area contributed by atoms with Gasteiger partial charge in [-0.2, -0.15) is 0 Å². The summed E-state index contributed by atoms with van der Waals surface area (Å²) in [7, 11) is 0. The van der Waals surface area contributed by atoms with Gasteiger partial charge in [0.1, 0.15) is 0 Å². The van der Waals surface area contributed by atoms with Crippen molar-refractivity contribution < 1.29 is 4.79 Å². The SMILES string of the molecule is CCC(=O)c1cc(C)c([N+]#N)cc1C. The summed E-state index contributed by atoms with van der Waals surface area (Å²) in [4.78, 5) is 14.6. The second-order valence-corrected chi connectivity index (χ2v) is 3.33. The van der Waals surface area contributed by atoms with E-state index in [1.165, 1.54) is 0 Å². The zero-order valence-corrected chi connectivity index (χ0v) is 8.66. The fraction of sp³-hybridized carbons (Fsp3) is 0.364. The minimum absolute atomic E-state index is 0.120. The average molecular weight is 189 g/mol. The lowest BCUT2D eigenvalue weighted by molar-refractivity contribution is 0.0987. The number of carbonyl (C=O) groups excluding carboxylic acids is 1. The maximum Gasteiger partial charge on any atom is 0.388 e. The molecule has 0 aromatic heterocycles. The topological polar surface area (TPSA) is 45.2 Å². The molecule has 72 valence electrons. The van der Waals surface area contributed by atoms with E-state index in [-0.39, 0.29) is 5.78 Å². The van der Waals surface area contributed by atoms with E-state index in [2.05, 4.69) is 4.98 Å². The normalized spacial score (nSPS) is 9.57. The predicted molar refractivity (Wildman–Crippen MR) is 55.3 cm³/mol. The fourth-order valence-corrected chi connectivity index (χ4v) is 1.40. The molecule has 3 nitrogen and oxygen atoms in total. The summed E-state index contributed by atoms with van der Waals surface area (Å²) in [6.45, 7) is 5.50. The maximum atomic E-state index is 11.5. The van der Waals surface area contributed by atoms with Gasteiger partial charge in [0.05, 0.1) is 0 Å². The monoisotopic (exact) mass is 189 g/mol. The Morgan fingerprint density at radius 3 is 2.50 bits per heavy atom. The summed E-state index contributed by atoms with van der Waals surface area (Å²) >= 11 is 0. The van der Waals surface area contributed by atoms with Gasteiger partial charge in [-0.15, -0.1) is 0 Å². The number of hydrogen-bond acceptors (Lipinski definition) is 2. The molecule has 0 atom stereocenters. The first-order valence-electron chi connectivity index (χ1n) is 4.59. The molecule has 0 aliphatic rings. The second kappa shape index (κ2) is 4.01. The van der Waals surface area contributed by atoms with Gasteiger partial charge in [-0.05, 0) is 25.5 Å². The predicted octanol–water partition coefficient (Wildman–Crippen LogP) is 3.38. The van der Waals surface area contributed by atoms with E-state index in [0.717, 1.165) is 16.7 Å². The molecule has 0 bridgehead atoms. The van der Waals surface area contributed by atoms with Crippen LogP contribution in [0, 0.1) is 19.2 Å². The van der Waals surface area contributed by atoms with Gasteiger partial charge in [-0.1, -0.05) is 6.92 Å². The highest BCUT2D eigenvalue weighted by Crippen LogP contribution is 2.23. The summed E-state index contributed by atoms with van der Waals surface area (Å²) in [5.41, 5.74) is 2.91. The van der Waals surface area contributed by atoms with Crippen LogP contribution in [0.1, 0.15) is 34.8 Å². The third-order valence-electron chi connectivity index (χ3n) is 2.27. The van der Waals surface area contributed by atoms with Gasteiger partial charge >= 0.3 is 5.69 Å². The van der Waals surface area contributed by atoms with Crippen LogP contribution in [0.4, 0.5) is 5.69 Å². The molecule has 0 spiro atoms. The molecule has 0 fully saturated rings. The number of nitrogens with zero attached hydrogens (tertiary/aromatic N) is 2. The van der Waals surface area contributed by atoms with Crippen molar-refractivity contribution in [3.8, 4) is 0 Å². The van der Waals surface area contributed by atoms with Gasteiger partial charge < -0.3 is 0 Å². The van der Waals surface area contributed by atoms with Gasteiger partial charge in [-0.3, -0.25) is 4.79 Å². The molecule has 0 N–H and O–H groups in total. The van der Waals surface area contributed by atoms with Crippen LogP contribution in [-0.4, -0.2) is 5.78 Å². The van der Waals surface area contributed by atoms with Crippen molar-refractivity contribution in [3.63, 3.8) is 0 Å². The summed E-state index contributed by atoms with van der Waals surface area (Å²) < 4.78 is 0. The first-order chi connectivity index (χ1) is 6.60. The maximum absolute atomic E-state index is 11.5. The number of carbonyl (C=O) groups is 1. The number of aryl methyl sites for hydroxylation is 2. The summed E-state index contributed by atoms with van der Waals surface area (Å²) in [5.74, 6) is 0.120. The Hall–Kier alpha value is -1.69. The molecule has 0 aliphatic carbocycles. The van der Waals surface area contributed by atoms with Crippen LogP contribution in [0.5, 0.6) is 0 Å². The Balaban J connectivity index is 3.30. The Morgan fingerprint density at radius 1 is 1.36 bits per heavy atom. The summed E-state index contributed by atoms with van der Waals surface area (Å²) in [6, 6.07) is 3.49. The second-order valence-electron chi connectivity index (χ2n) is 3.33. The number of rotatable bonds is 2. The van der Waals surface area contributed by atoms with Crippen molar-refractivity contribution in [2.24, 2.45) is 0 Å². The Kier molecular flexibility index (Phi) is 2.98. The van der Waals surface area contributed by atoms with E-state index >= 15 is 0 Å². The third-order valence-corrected chi connectivity index (χ3v) is 2.27. The first-order valence-corrected chi connectivity index (χ1v) is 4.59. The number of ketones is 1. The lowest BCUT2D eigenvalue weighted by Crippen LogP contribution is -2.00. The molecule has 0 saturated heterocycles. The standard InChI is InChI=1S/C11H13N2O/c1-4-11(14)9-5-8(3)10(13-12)6-7(9)2/h5-6H,4H2,1-3H3/q+1. The lowest BCUT2D eigenvalue weighted by atomic mass is 9.99. The van der Waals surface area contributed by atoms with E-state index < -0.39 is 0 Å². The summed E-state index contributed by atoms with van der Waals surface area (Å²) in [6.07, 6.45) is 0.496. The highest BCUT2D eigenvalue weighted by molar-refractivity contribution is 5.98. The van der Waals surface area contributed by atoms with Crippen molar-refractivity contribution in [3.05, 3.63) is 33.8 Å². The van der Waals surface area contributed by atoms with Crippen molar-refractivity contribution >= 4 is 11.5 Å². The largest absolute Gasteiger partial charge is 0.388 e. The number of diazo groups is 1. The van der Waals surface area contributed by atoms with E-state index in [9.17, 15) is 4.79 Å². The highest BCUT2D eigenvalue weighted by Gasteiger charge is 2.15. The lowest BCUT2D eigenvalue weighted by Gasteiger charge is -2.02. The number of Topliss-reactive ketones (excluding diaryl/α,β-unsaturated/α-hetero) is 1. The number of benzene rings is 1. The van der Waals surface area contributed by atoms with Crippen molar-refractivity contribution in [1.82, 2.24) is 0 Å². The van der Waals surface area contributed by atoms with Crippen molar-refractivity contribution in [2.45, 2.75) is 27.2 Å². The van der Waals surface area contributed by atoms with E-state index in [1.807, 2.05) is 20.8 Å². The minimum atomic E-state index is 0.120.